The number of piperidine rings is 1. The fourth-order valence-electron chi connectivity index (χ4n) is 5.03. The molecule has 2 saturated heterocycles. The number of carbonyl (C=O) groups excluding carboxylic acids is 1. The minimum Gasteiger partial charge on any atom is -0.466 e. The summed E-state index contributed by atoms with van der Waals surface area (Å²) in [6.07, 6.45) is 6.48. The molecule has 2 fully saturated rings. The third-order valence-electron chi connectivity index (χ3n) is 6.73. The average molecular weight is 445 g/mol. The van der Waals surface area contributed by atoms with Crippen LogP contribution in [0.2, 0.25) is 0 Å². The van der Waals surface area contributed by atoms with Crippen LogP contribution >= 0.6 is 11.3 Å². The van der Waals surface area contributed by atoms with E-state index in [0.717, 1.165) is 81.7 Å². The van der Waals surface area contributed by atoms with E-state index in [4.69, 9.17) is 19.4 Å². The van der Waals surface area contributed by atoms with Crippen LogP contribution in [-0.4, -0.2) is 66.8 Å². The first-order chi connectivity index (χ1) is 15.2. The average Bonchev–Trinajstić information content (AvgIpc) is 3.18. The van der Waals surface area contributed by atoms with Crippen LogP contribution in [0.25, 0.3) is 10.2 Å². The summed E-state index contributed by atoms with van der Waals surface area (Å²) in [6, 6.07) is 0. The number of carbonyl (C=O) groups is 1. The summed E-state index contributed by atoms with van der Waals surface area (Å²) in [6.45, 7) is 8.22. The van der Waals surface area contributed by atoms with Crippen molar-refractivity contribution in [3.8, 4) is 0 Å². The van der Waals surface area contributed by atoms with Crippen molar-refractivity contribution in [2.45, 2.75) is 52.0 Å². The molecule has 8 heteroatoms. The second kappa shape index (κ2) is 9.38. The third-order valence-corrected chi connectivity index (χ3v) is 7.91. The maximum absolute atomic E-state index is 12.2. The summed E-state index contributed by atoms with van der Waals surface area (Å²) in [5.74, 6) is 1.97. The normalized spacial score (nSPS) is 20.7. The number of ether oxygens (including phenoxy) is 2. The molecular formula is C23H32N4O3S. The van der Waals surface area contributed by atoms with E-state index in [1.54, 1.807) is 0 Å². The monoisotopic (exact) mass is 444 g/mol. The van der Waals surface area contributed by atoms with Gasteiger partial charge >= 0.3 is 5.97 Å². The molecule has 168 valence electrons. The van der Waals surface area contributed by atoms with Gasteiger partial charge in [0.2, 0.25) is 0 Å². The van der Waals surface area contributed by atoms with E-state index in [1.165, 1.54) is 35.1 Å². The molecule has 2 aromatic rings. The van der Waals surface area contributed by atoms with E-state index in [1.807, 2.05) is 18.3 Å². The van der Waals surface area contributed by atoms with Gasteiger partial charge < -0.3 is 14.4 Å². The van der Waals surface area contributed by atoms with Gasteiger partial charge in [-0.05, 0) is 51.0 Å². The standard InChI is InChI=1S/C23H32N4O3S/c1-2-30-23(28)16-7-9-27(10-8-16)21-20-17-5-3-4-6-18(17)31-22(20)25-19(24-21)15-26-11-13-29-14-12-26/h16H,2-15H2,1H3. The Labute approximate surface area is 187 Å². The first-order valence-electron chi connectivity index (χ1n) is 11.8. The number of aromatic nitrogens is 2. The molecule has 3 aliphatic rings. The van der Waals surface area contributed by atoms with Crippen LogP contribution in [-0.2, 0) is 33.7 Å². The fourth-order valence-corrected chi connectivity index (χ4v) is 6.30. The van der Waals surface area contributed by atoms with Gasteiger partial charge in [0.15, 0.2) is 0 Å². The van der Waals surface area contributed by atoms with Crippen molar-refractivity contribution in [3.05, 3.63) is 16.3 Å². The summed E-state index contributed by atoms with van der Waals surface area (Å²) < 4.78 is 10.8. The van der Waals surface area contributed by atoms with Crippen LogP contribution in [0.4, 0.5) is 5.82 Å². The Hall–Kier alpha value is -1.77. The molecule has 5 rings (SSSR count). The Morgan fingerprint density at radius 2 is 1.90 bits per heavy atom. The summed E-state index contributed by atoms with van der Waals surface area (Å²) in [5.41, 5.74) is 1.48. The van der Waals surface area contributed by atoms with Gasteiger partial charge in [0.1, 0.15) is 16.5 Å². The van der Waals surface area contributed by atoms with E-state index < -0.39 is 0 Å². The van der Waals surface area contributed by atoms with Gasteiger partial charge in [-0.15, -0.1) is 11.3 Å². The summed E-state index contributed by atoms with van der Waals surface area (Å²) in [4.78, 5) is 29.8. The molecule has 4 heterocycles. The van der Waals surface area contributed by atoms with Crippen LogP contribution in [0.15, 0.2) is 0 Å². The largest absolute Gasteiger partial charge is 0.466 e. The van der Waals surface area contributed by atoms with Crippen LogP contribution in [0.1, 0.15) is 48.9 Å². The second-order valence-corrected chi connectivity index (χ2v) is 9.84. The van der Waals surface area contributed by atoms with Gasteiger partial charge in [-0.2, -0.15) is 0 Å². The molecule has 0 aromatic carbocycles. The SMILES string of the molecule is CCOC(=O)C1CCN(c2nc(CN3CCOCC3)nc3sc4c(c23)CCCC4)CC1. The number of rotatable bonds is 5. The van der Waals surface area contributed by atoms with Gasteiger partial charge in [0, 0.05) is 31.1 Å². The van der Waals surface area contributed by atoms with Crippen molar-refractivity contribution in [1.29, 1.82) is 0 Å². The highest BCUT2D eigenvalue weighted by atomic mass is 32.1. The van der Waals surface area contributed by atoms with Gasteiger partial charge in [-0.25, -0.2) is 9.97 Å². The molecule has 1 aliphatic carbocycles. The molecule has 0 saturated carbocycles. The summed E-state index contributed by atoms with van der Waals surface area (Å²) >= 11 is 1.87. The van der Waals surface area contributed by atoms with Crippen molar-refractivity contribution >= 4 is 33.3 Å². The fraction of sp³-hybridized carbons (Fsp3) is 0.696. The lowest BCUT2D eigenvalue weighted by Crippen LogP contribution is -2.38. The maximum atomic E-state index is 12.2. The molecule has 7 nitrogen and oxygen atoms in total. The number of fused-ring (bicyclic) bond motifs is 3. The maximum Gasteiger partial charge on any atom is 0.309 e. The minimum absolute atomic E-state index is 0.0118. The highest BCUT2D eigenvalue weighted by molar-refractivity contribution is 7.19. The lowest BCUT2D eigenvalue weighted by Gasteiger charge is -2.33. The number of nitrogens with zero attached hydrogens (tertiary/aromatic N) is 4. The van der Waals surface area contributed by atoms with E-state index in [-0.39, 0.29) is 11.9 Å². The van der Waals surface area contributed by atoms with Crippen LogP contribution < -0.4 is 4.90 Å². The molecule has 2 aromatic heterocycles. The minimum atomic E-state index is -0.0455. The van der Waals surface area contributed by atoms with Crippen molar-refractivity contribution in [2.24, 2.45) is 5.92 Å². The molecule has 31 heavy (non-hydrogen) atoms. The zero-order chi connectivity index (χ0) is 21.2. The van der Waals surface area contributed by atoms with Gasteiger partial charge in [0.05, 0.1) is 37.7 Å². The number of anilines is 1. The molecule has 0 unspecified atom stereocenters. The van der Waals surface area contributed by atoms with E-state index in [9.17, 15) is 4.79 Å². The van der Waals surface area contributed by atoms with Crippen LogP contribution in [0, 0.1) is 5.92 Å². The second-order valence-electron chi connectivity index (χ2n) is 8.76. The molecule has 0 atom stereocenters. The van der Waals surface area contributed by atoms with Crippen LogP contribution in [0.5, 0.6) is 0 Å². The Bertz CT molecular complexity index is 933. The molecule has 0 bridgehead atoms. The molecule has 0 spiro atoms. The number of morpholine rings is 1. The highest BCUT2D eigenvalue weighted by Crippen LogP contribution is 2.40. The van der Waals surface area contributed by atoms with Crippen molar-refractivity contribution < 1.29 is 14.3 Å². The van der Waals surface area contributed by atoms with E-state index in [2.05, 4.69) is 9.80 Å². The smallest absolute Gasteiger partial charge is 0.309 e. The highest BCUT2D eigenvalue weighted by Gasteiger charge is 2.30. The number of esters is 1. The zero-order valence-corrected chi connectivity index (χ0v) is 19.2. The van der Waals surface area contributed by atoms with Crippen molar-refractivity contribution in [1.82, 2.24) is 14.9 Å². The Morgan fingerprint density at radius 3 is 2.68 bits per heavy atom. The number of hydrogen-bond donors (Lipinski definition) is 0. The van der Waals surface area contributed by atoms with Crippen LogP contribution in [0.3, 0.4) is 0 Å². The van der Waals surface area contributed by atoms with Gasteiger partial charge in [0.25, 0.3) is 0 Å². The Morgan fingerprint density at radius 1 is 1.13 bits per heavy atom. The van der Waals surface area contributed by atoms with Gasteiger partial charge in [-0.1, -0.05) is 0 Å². The molecular weight excluding hydrogens is 412 g/mol. The first-order valence-corrected chi connectivity index (χ1v) is 12.6. The Balaban J connectivity index is 1.45. The molecule has 0 amide bonds. The Kier molecular flexibility index (Phi) is 6.39. The van der Waals surface area contributed by atoms with Crippen molar-refractivity contribution in [3.63, 3.8) is 0 Å². The van der Waals surface area contributed by atoms with Gasteiger partial charge in [-0.3, -0.25) is 9.69 Å². The number of thiophene rings is 1. The van der Waals surface area contributed by atoms with Crippen molar-refractivity contribution in [2.75, 3.05) is 50.9 Å². The molecule has 0 radical (unpaired) electrons. The summed E-state index contributed by atoms with van der Waals surface area (Å²) in [7, 11) is 0. The summed E-state index contributed by atoms with van der Waals surface area (Å²) in [5, 5.41) is 1.28. The third kappa shape index (κ3) is 4.43. The number of aryl methyl sites for hydroxylation is 2. The molecule has 2 aliphatic heterocycles. The zero-order valence-electron chi connectivity index (χ0n) is 18.4. The predicted molar refractivity (Wildman–Crippen MR) is 122 cm³/mol. The number of hydrogen-bond acceptors (Lipinski definition) is 8. The molecule has 0 N–H and O–H groups in total. The first kappa shape index (κ1) is 21.1. The lowest BCUT2D eigenvalue weighted by molar-refractivity contribution is -0.148. The topological polar surface area (TPSA) is 67.8 Å². The quantitative estimate of drug-likeness (QED) is 0.656. The van der Waals surface area contributed by atoms with E-state index in [0.29, 0.717) is 6.61 Å². The predicted octanol–water partition coefficient (Wildman–Crippen LogP) is 3.18. The lowest BCUT2D eigenvalue weighted by atomic mass is 9.95. The van der Waals surface area contributed by atoms with E-state index >= 15 is 0 Å².